The molecule has 19 heavy (non-hydrogen) atoms. The number of halogens is 2. The summed E-state index contributed by atoms with van der Waals surface area (Å²) in [4.78, 5) is 1.32. The van der Waals surface area contributed by atoms with Crippen LogP contribution in [0.2, 0.25) is 4.34 Å². The summed E-state index contributed by atoms with van der Waals surface area (Å²) in [5.74, 6) is 0. The van der Waals surface area contributed by atoms with E-state index in [1.165, 1.54) is 16.0 Å². The van der Waals surface area contributed by atoms with Crippen molar-refractivity contribution in [1.82, 2.24) is 5.32 Å². The Labute approximate surface area is 132 Å². The van der Waals surface area contributed by atoms with Gasteiger partial charge in [0, 0.05) is 21.8 Å². The average molecular weight is 359 g/mol. The van der Waals surface area contributed by atoms with Gasteiger partial charge in [0.25, 0.3) is 0 Å². The third kappa shape index (κ3) is 3.82. The summed E-state index contributed by atoms with van der Waals surface area (Å²) in [5.41, 5.74) is 2.65. The number of hydrogen-bond donors (Lipinski definition) is 1. The number of benzene rings is 1. The van der Waals surface area contributed by atoms with Crippen LogP contribution in [0.1, 0.15) is 29.0 Å². The maximum absolute atomic E-state index is 6.01. The van der Waals surface area contributed by atoms with Gasteiger partial charge >= 0.3 is 0 Å². The number of hydrogen-bond acceptors (Lipinski definition) is 2. The van der Waals surface area contributed by atoms with E-state index in [0.29, 0.717) is 6.04 Å². The molecule has 2 aromatic rings. The van der Waals surface area contributed by atoms with E-state index >= 15 is 0 Å². The van der Waals surface area contributed by atoms with E-state index < -0.39 is 0 Å². The van der Waals surface area contributed by atoms with Crippen molar-refractivity contribution in [2.45, 2.75) is 26.3 Å². The Balaban J connectivity index is 2.26. The molecule has 0 amide bonds. The molecule has 1 atom stereocenters. The van der Waals surface area contributed by atoms with Crippen LogP contribution in [0.15, 0.2) is 34.8 Å². The van der Waals surface area contributed by atoms with Crippen molar-refractivity contribution in [3.8, 4) is 0 Å². The molecule has 102 valence electrons. The van der Waals surface area contributed by atoms with E-state index in [4.69, 9.17) is 11.6 Å². The standard InChI is InChI=1S/C15H17BrClNS/c1-3-18-14(9-11-7-8-15(17)19-11)12-5-4-6-13(16)10(12)2/h4-8,14,18H,3,9H2,1-2H3. The second kappa shape index (κ2) is 6.89. The van der Waals surface area contributed by atoms with Crippen LogP contribution in [-0.2, 0) is 6.42 Å². The van der Waals surface area contributed by atoms with E-state index in [9.17, 15) is 0 Å². The molecular formula is C15H17BrClNS. The molecule has 0 radical (unpaired) electrons. The van der Waals surface area contributed by atoms with Crippen molar-refractivity contribution in [3.05, 3.63) is 55.1 Å². The normalized spacial score (nSPS) is 12.6. The molecule has 0 aliphatic heterocycles. The van der Waals surface area contributed by atoms with Gasteiger partial charge in [-0.05, 0) is 42.8 Å². The van der Waals surface area contributed by atoms with Crippen molar-refractivity contribution in [2.75, 3.05) is 6.54 Å². The molecule has 2 rings (SSSR count). The largest absolute Gasteiger partial charge is 0.310 e. The maximum atomic E-state index is 6.01. The van der Waals surface area contributed by atoms with Gasteiger partial charge in [0.1, 0.15) is 0 Å². The topological polar surface area (TPSA) is 12.0 Å². The van der Waals surface area contributed by atoms with Crippen molar-refractivity contribution < 1.29 is 0 Å². The molecule has 1 N–H and O–H groups in total. The van der Waals surface area contributed by atoms with E-state index in [1.54, 1.807) is 11.3 Å². The fourth-order valence-corrected chi connectivity index (χ4v) is 3.72. The van der Waals surface area contributed by atoms with E-state index in [0.717, 1.165) is 21.8 Å². The van der Waals surface area contributed by atoms with Crippen molar-refractivity contribution in [1.29, 1.82) is 0 Å². The minimum atomic E-state index is 0.331. The zero-order chi connectivity index (χ0) is 13.8. The van der Waals surface area contributed by atoms with Gasteiger partial charge in [0.05, 0.1) is 4.34 Å². The Morgan fingerprint density at radius 3 is 2.74 bits per heavy atom. The summed E-state index contributed by atoms with van der Waals surface area (Å²) in [6.07, 6.45) is 0.975. The van der Waals surface area contributed by atoms with Crippen LogP contribution < -0.4 is 5.32 Å². The predicted molar refractivity (Wildman–Crippen MR) is 88.3 cm³/mol. The quantitative estimate of drug-likeness (QED) is 0.758. The molecular weight excluding hydrogens is 342 g/mol. The highest BCUT2D eigenvalue weighted by atomic mass is 79.9. The third-order valence-corrected chi connectivity index (χ3v) is 5.28. The zero-order valence-corrected chi connectivity index (χ0v) is 14.2. The number of thiophene rings is 1. The van der Waals surface area contributed by atoms with Crippen molar-refractivity contribution >= 4 is 38.9 Å². The highest BCUT2D eigenvalue weighted by molar-refractivity contribution is 9.10. The lowest BCUT2D eigenvalue weighted by Gasteiger charge is -2.20. The highest BCUT2D eigenvalue weighted by Gasteiger charge is 2.15. The van der Waals surface area contributed by atoms with Crippen LogP contribution >= 0.6 is 38.9 Å². The fraction of sp³-hybridized carbons (Fsp3) is 0.333. The summed E-state index contributed by atoms with van der Waals surface area (Å²) in [7, 11) is 0. The monoisotopic (exact) mass is 357 g/mol. The van der Waals surface area contributed by atoms with Crippen LogP contribution in [-0.4, -0.2) is 6.54 Å². The first kappa shape index (κ1) is 15.0. The fourth-order valence-electron chi connectivity index (χ4n) is 2.20. The summed E-state index contributed by atoms with van der Waals surface area (Å²) in [6, 6.07) is 10.8. The number of nitrogens with one attached hydrogen (secondary N) is 1. The molecule has 0 aliphatic rings. The van der Waals surface area contributed by atoms with Crippen LogP contribution in [0.3, 0.4) is 0 Å². The first-order valence-electron chi connectivity index (χ1n) is 6.34. The maximum Gasteiger partial charge on any atom is 0.0931 e. The molecule has 1 nitrogen and oxygen atoms in total. The predicted octanol–water partition coefficient (Wildman–Crippen LogP) is 5.37. The van der Waals surface area contributed by atoms with E-state index in [2.05, 4.69) is 59.4 Å². The molecule has 1 heterocycles. The number of rotatable bonds is 5. The average Bonchev–Trinajstić information content (AvgIpc) is 2.78. The van der Waals surface area contributed by atoms with Gasteiger partial charge < -0.3 is 5.32 Å². The van der Waals surface area contributed by atoms with Gasteiger partial charge in [0.2, 0.25) is 0 Å². The Kier molecular flexibility index (Phi) is 5.46. The van der Waals surface area contributed by atoms with Gasteiger partial charge in [-0.15, -0.1) is 11.3 Å². The summed E-state index contributed by atoms with van der Waals surface area (Å²) in [5, 5.41) is 3.57. The second-order valence-corrected chi connectivity index (χ2v) is 7.13. The van der Waals surface area contributed by atoms with Crippen LogP contribution in [0.5, 0.6) is 0 Å². The Bertz CT molecular complexity index is 553. The van der Waals surface area contributed by atoms with Crippen LogP contribution in [0.4, 0.5) is 0 Å². The first-order chi connectivity index (χ1) is 9.11. The van der Waals surface area contributed by atoms with E-state index in [1.807, 2.05) is 6.07 Å². The van der Waals surface area contributed by atoms with Gasteiger partial charge in [0.15, 0.2) is 0 Å². The lowest BCUT2D eigenvalue weighted by molar-refractivity contribution is 0.550. The minimum absolute atomic E-state index is 0.331. The Morgan fingerprint density at radius 1 is 1.32 bits per heavy atom. The summed E-state index contributed by atoms with van der Waals surface area (Å²) < 4.78 is 2.02. The Hall–Kier alpha value is -0.350. The zero-order valence-electron chi connectivity index (χ0n) is 11.0. The molecule has 4 heteroatoms. The molecule has 0 saturated carbocycles. The van der Waals surface area contributed by atoms with Gasteiger partial charge in [-0.2, -0.15) is 0 Å². The van der Waals surface area contributed by atoms with Gasteiger partial charge in [-0.1, -0.05) is 46.6 Å². The van der Waals surface area contributed by atoms with Crippen LogP contribution in [0, 0.1) is 6.92 Å². The minimum Gasteiger partial charge on any atom is -0.310 e. The van der Waals surface area contributed by atoms with E-state index in [-0.39, 0.29) is 0 Å². The van der Waals surface area contributed by atoms with Gasteiger partial charge in [-0.25, -0.2) is 0 Å². The number of likely N-dealkylation sites (N-methyl/N-ethyl adjacent to an activating group) is 1. The molecule has 0 aliphatic carbocycles. The lowest BCUT2D eigenvalue weighted by atomic mass is 9.98. The molecule has 1 aromatic carbocycles. The summed E-state index contributed by atoms with van der Waals surface area (Å²) >= 11 is 11.3. The lowest BCUT2D eigenvalue weighted by Crippen LogP contribution is -2.23. The molecule has 1 unspecified atom stereocenters. The SMILES string of the molecule is CCNC(Cc1ccc(Cl)s1)c1cccc(Br)c1C. The molecule has 0 bridgehead atoms. The van der Waals surface area contributed by atoms with Crippen LogP contribution in [0.25, 0.3) is 0 Å². The summed E-state index contributed by atoms with van der Waals surface area (Å²) in [6.45, 7) is 5.25. The Morgan fingerprint density at radius 2 is 2.11 bits per heavy atom. The first-order valence-corrected chi connectivity index (χ1v) is 8.33. The molecule has 0 spiro atoms. The molecule has 1 aromatic heterocycles. The highest BCUT2D eigenvalue weighted by Crippen LogP contribution is 2.30. The van der Waals surface area contributed by atoms with Gasteiger partial charge in [-0.3, -0.25) is 0 Å². The molecule has 0 fully saturated rings. The third-order valence-electron chi connectivity index (χ3n) is 3.17. The van der Waals surface area contributed by atoms with Crippen molar-refractivity contribution in [3.63, 3.8) is 0 Å². The van der Waals surface area contributed by atoms with Crippen molar-refractivity contribution in [2.24, 2.45) is 0 Å². The molecule has 0 saturated heterocycles. The second-order valence-electron chi connectivity index (χ2n) is 4.47. The smallest absolute Gasteiger partial charge is 0.0931 e.